The minimum absolute atomic E-state index is 0.574. The van der Waals surface area contributed by atoms with Crippen molar-refractivity contribution in [2.75, 3.05) is 5.73 Å². The van der Waals surface area contributed by atoms with Crippen LogP contribution in [0.5, 0.6) is 0 Å². The number of aryl methyl sites for hydroxylation is 1. The summed E-state index contributed by atoms with van der Waals surface area (Å²) >= 11 is 13.5. The predicted octanol–water partition coefficient (Wildman–Crippen LogP) is 5.04. The van der Waals surface area contributed by atoms with Crippen molar-refractivity contribution in [2.45, 2.75) is 16.7 Å². The Morgan fingerprint density at radius 1 is 1.00 bits per heavy atom. The third-order valence-corrected chi connectivity index (χ3v) is 4.22. The van der Waals surface area contributed by atoms with Crippen LogP contribution in [0, 0.1) is 6.92 Å². The lowest BCUT2D eigenvalue weighted by Gasteiger charge is -2.07. The van der Waals surface area contributed by atoms with Crippen molar-refractivity contribution in [2.24, 2.45) is 0 Å². The molecule has 88 valence electrons. The van der Waals surface area contributed by atoms with E-state index in [1.165, 1.54) is 0 Å². The van der Waals surface area contributed by atoms with Gasteiger partial charge in [-0.05, 0) is 48.9 Å². The molecule has 1 nitrogen and oxygen atoms in total. The topological polar surface area (TPSA) is 26.0 Å². The normalized spacial score (nSPS) is 10.5. The monoisotopic (exact) mass is 283 g/mol. The highest BCUT2D eigenvalue weighted by Crippen LogP contribution is 2.34. The molecule has 0 heterocycles. The molecule has 0 radical (unpaired) electrons. The molecular weight excluding hydrogens is 273 g/mol. The highest BCUT2D eigenvalue weighted by atomic mass is 35.5. The van der Waals surface area contributed by atoms with E-state index >= 15 is 0 Å². The molecule has 0 saturated carbocycles. The molecule has 0 bridgehead atoms. The van der Waals surface area contributed by atoms with Gasteiger partial charge in [0.05, 0.1) is 10.0 Å². The molecule has 0 amide bonds. The highest BCUT2D eigenvalue weighted by Gasteiger charge is 2.04. The van der Waals surface area contributed by atoms with E-state index in [2.05, 4.69) is 0 Å². The minimum Gasteiger partial charge on any atom is -0.399 e. The lowest BCUT2D eigenvalue weighted by atomic mass is 10.2. The Bertz CT molecular complexity index is 555. The molecule has 4 heteroatoms. The Balaban J connectivity index is 2.28. The summed E-state index contributed by atoms with van der Waals surface area (Å²) in [4.78, 5) is 2.23. The fourth-order valence-corrected chi connectivity index (χ4v) is 2.74. The van der Waals surface area contributed by atoms with Crippen molar-refractivity contribution in [1.29, 1.82) is 0 Å². The van der Waals surface area contributed by atoms with Gasteiger partial charge in [0.15, 0.2) is 0 Å². The lowest BCUT2D eigenvalue weighted by Crippen LogP contribution is -1.87. The van der Waals surface area contributed by atoms with Crippen molar-refractivity contribution >= 4 is 40.7 Å². The molecule has 0 aromatic heterocycles. The van der Waals surface area contributed by atoms with E-state index in [9.17, 15) is 0 Å². The Kier molecular flexibility index (Phi) is 3.87. The molecule has 0 fully saturated rings. The van der Waals surface area contributed by atoms with Gasteiger partial charge in [-0.3, -0.25) is 0 Å². The molecular formula is C13H11Cl2NS. The molecule has 0 aliphatic rings. The standard InChI is InChI=1S/C13H11Cl2NS/c1-8-6-9(16)2-5-13(8)17-10-3-4-11(14)12(15)7-10/h2-7H,16H2,1H3. The number of nitrogens with two attached hydrogens (primary N) is 1. The molecule has 17 heavy (non-hydrogen) atoms. The van der Waals surface area contributed by atoms with Crippen LogP contribution in [0.3, 0.4) is 0 Å². The number of nitrogen functional groups attached to an aromatic ring is 1. The second-order valence-electron chi connectivity index (χ2n) is 3.70. The van der Waals surface area contributed by atoms with E-state index in [-0.39, 0.29) is 0 Å². The zero-order valence-corrected chi connectivity index (χ0v) is 11.5. The zero-order valence-electron chi connectivity index (χ0n) is 9.21. The minimum atomic E-state index is 0.574. The summed E-state index contributed by atoms with van der Waals surface area (Å²) in [5, 5.41) is 1.15. The second kappa shape index (κ2) is 5.21. The Hall–Kier alpha value is -0.830. The van der Waals surface area contributed by atoms with Crippen LogP contribution < -0.4 is 5.73 Å². The van der Waals surface area contributed by atoms with Crippen LogP contribution in [0.1, 0.15) is 5.56 Å². The van der Waals surface area contributed by atoms with Crippen molar-refractivity contribution in [3.8, 4) is 0 Å². The number of halogens is 2. The quantitative estimate of drug-likeness (QED) is 0.782. The molecule has 2 rings (SSSR count). The highest BCUT2D eigenvalue weighted by molar-refractivity contribution is 7.99. The van der Waals surface area contributed by atoms with Crippen LogP contribution in [0.15, 0.2) is 46.2 Å². The molecule has 0 atom stereocenters. The van der Waals surface area contributed by atoms with Gasteiger partial charge in [0, 0.05) is 15.5 Å². The first kappa shape index (κ1) is 12.6. The summed E-state index contributed by atoms with van der Waals surface area (Å²) in [6.45, 7) is 2.04. The fourth-order valence-electron chi connectivity index (χ4n) is 1.45. The molecule has 2 aromatic carbocycles. The van der Waals surface area contributed by atoms with E-state index in [0.717, 1.165) is 21.0 Å². The van der Waals surface area contributed by atoms with Crippen molar-refractivity contribution in [1.82, 2.24) is 0 Å². The molecule has 0 saturated heterocycles. The number of benzene rings is 2. The van der Waals surface area contributed by atoms with Gasteiger partial charge in [-0.2, -0.15) is 0 Å². The van der Waals surface area contributed by atoms with Crippen LogP contribution in [0.25, 0.3) is 0 Å². The van der Waals surface area contributed by atoms with Gasteiger partial charge in [0.25, 0.3) is 0 Å². The molecule has 0 unspecified atom stereocenters. The number of hydrogen-bond acceptors (Lipinski definition) is 2. The van der Waals surface area contributed by atoms with Crippen LogP contribution in [0.4, 0.5) is 5.69 Å². The van der Waals surface area contributed by atoms with E-state index in [1.807, 2.05) is 37.3 Å². The smallest absolute Gasteiger partial charge is 0.0603 e. The summed E-state index contributed by atoms with van der Waals surface area (Å²) < 4.78 is 0. The van der Waals surface area contributed by atoms with Crippen LogP contribution in [-0.4, -0.2) is 0 Å². The molecule has 2 N–H and O–H groups in total. The third kappa shape index (κ3) is 3.09. The summed E-state index contributed by atoms with van der Waals surface area (Å²) in [5.41, 5.74) is 7.65. The van der Waals surface area contributed by atoms with Crippen molar-refractivity contribution in [3.05, 3.63) is 52.0 Å². The SMILES string of the molecule is Cc1cc(N)ccc1Sc1ccc(Cl)c(Cl)c1. The van der Waals surface area contributed by atoms with Crippen LogP contribution in [-0.2, 0) is 0 Å². The van der Waals surface area contributed by atoms with E-state index in [1.54, 1.807) is 17.8 Å². The Labute approximate surface area is 115 Å². The van der Waals surface area contributed by atoms with E-state index in [0.29, 0.717) is 10.0 Å². The Morgan fingerprint density at radius 3 is 2.41 bits per heavy atom. The number of anilines is 1. The average Bonchev–Trinajstić information content (AvgIpc) is 2.27. The first-order valence-electron chi connectivity index (χ1n) is 5.05. The fraction of sp³-hybridized carbons (Fsp3) is 0.0769. The molecule has 0 spiro atoms. The number of rotatable bonds is 2. The Morgan fingerprint density at radius 2 is 1.76 bits per heavy atom. The van der Waals surface area contributed by atoms with Crippen LogP contribution in [0.2, 0.25) is 10.0 Å². The number of hydrogen-bond donors (Lipinski definition) is 1. The predicted molar refractivity (Wildman–Crippen MR) is 76.2 cm³/mol. The van der Waals surface area contributed by atoms with E-state index < -0.39 is 0 Å². The third-order valence-electron chi connectivity index (χ3n) is 2.32. The van der Waals surface area contributed by atoms with Crippen molar-refractivity contribution in [3.63, 3.8) is 0 Å². The summed E-state index contributed by atoms with van der Waals surface area (Å²) in [5.74, 6) is 0. The van der Waals surface area contributed by atoms with Crippen LogP contribution >= 0.6 is 35.0 Å². The van der Waals surface area contributed by atoms with Crippen molar-refractivity contribution < 1.29 is 0 Å². The summed E-state index contributed by atoms with van der Waals surface area (Å²) in [6, 6.07) is 11.5. The molecule has 0 aliphatic heterocycles. The van der Waals surface area contributed by atoms with E-state index in [4.69, 9.17) is 28.9 Å². The van der Waals surface area contributed by atoms with Gasteiger partial charge in [0.2, 0.25) is 0 Å². The maximum Gasteiger partial charge on any atom is 0.0603 e. The molecule has 2 aromatic rings. The summed E-state index contributed by atoms with van der Waals surface area (Å²) in [7, 11) is 0. The summed E-state index contributed by atoms with van der Waals surface area (Å²) in [6.07, 6.45) is 0. The maximum atomic E-state index is 5.98. The van der Waals surface area contributed by atoms with Gasteiger partial charge in [-0.15, -0.1) is 0 Å². The zero-order chi connectivity index (χ0) is 12.4. The molecule has 0 aliphatic carbocycles. The van der Waals surface area contributed by atoms with Gasteiger partial charge >= 0.3 is 0 Å². The van der Waals surface area contributed by atoms with Gasteiger partial charge in [-0.25, -0.2) is 0 Å². The van der Waals surface area contributed by atoms with Gasteiger partial charge in [-0.1, -0.05) is 35.0 Å². The second-order valence-corrected chi connectivity index (χ2v) is 5.63. The van der Waals surface area contributed by atoms with Gasteiger partial charge < -0.3 is 5.73 Å². The first-order valence-corrected chi connectivity index (χ1v) is 6.62. The van der Waals surface area contributed by atoms with Gasteiger partial charge in [0.1, 0.15) is 0 Å². The first-order chi connectivity index (χ1) is 8.06. The lowest BCUT2D eigenvalue weighted by molar-refractivity contribution is 1.29. The average molecular weight is 284 g/mol. The largest absolute Gasteiger partial charge is 0.399 e. The maximum absolute atomic E-state index is 5.98.